The van der Waals surface area contributed by atoms with Gasteiger partial charge in [0.25, 0.3) is 0 Å². The van der Waals surface area contributed by atoms with Crippen molar-refractivity contribution in [1.29, 1.82) is 0 Å². The van der Waals surface area contributed by atoms with Crippen molar-refractivity contribution in [3.05, 3.63) is 40.2 Å². The van der Waals surface area contributed by atoms with Gasteiger partial charge in [0, 0.05) is 17.5 Å². The standard InChI is InChI=1S/C21H28BNO5/c1-8-26-19(25)17-12-18(24)15-10-9-14(11-16(15)23(17)13(2)3)22-27-20(4,5)21(6,7)28-22/h9-13H,8H2,1-7H3. The first-order chi connectivity index (χ1) is 13.0. The number of nitrogens with zero attached hydrogens (tertiary/aromatic N) is 1. The molecule has 7 heteroatoms. The molecular formula is C21H28BNO5. The topological polar surface area (TPSA) is 66.8 Å². The van der Waals surface area contributed by atoms with E-state index in [1.165, 1.54) is 6.07 Å². The van der Waals surface area contributed by atoms with Gasteiger partial charge in [-0.2, -0.15) is 0 Å². The summed E-state index contributed by atoms with van der Waals surface area (Å²) < 4.78 is 19.3. The molecular weight excluding hydrogens is 357 g/mol. The summed E-state index contributed by atoms with van der Waals surface area (Å²) in [4.78, 5) is 25.1. The summed E-state index contributed by atoms with van der Waals surface area (Å²) in [5.74, 6) is -0.503. The molecule has 0 spiro atoms. The summed E-state index contributed by atoms with van der Waals surface area (Å²) in [7, 11) is -0.545. The van der Waals surface area contributed by atoms with Crippen molar-refractivity contribution in [2.24, 2.45) is 0 Å². The van der Waals surface area contributed by atoms with Gasteiger partial charge in [-0.15, -0.1) is 0 Å². The fourth-order valence-corrected chi connectivity index (χ4v) is 3.40. The zero-order valence-corrected chi connectivity index (χ0v) is 17.7. The molecule has 3 rings (SSSR count). The highest BCUT2D eigenvalue weighted by molar-refractivity contribution is 6.62. The molecule has 1 fully saturated rings. The second-order valence-corrected chi connectivity index (χ2v) is 8.44. The van der Waals surface area contributed by atoms with E-state index in [1.807, 2.05) is 58.2 Å². The molecule has 6 nitrogen and oxygen atoms in total. The summed E-state index contributed by atoms with van der Waals surface area (Å²) in [6.07, 6.45) is 0. The Bertz CT molecular complexity index is 961. The van der Waals surface area contributed by atoms with Crippen LogP contribution in [0.15, 0.2) is 29.1 Å². The van der Waals surface area contributed by atoms with E-state index in [2.05, 4.69) is 0 Å². The van der Waals surface area contributed by atoms with E-state index in [0.29, 0.717) is 10.9 Å². The molecule has 2 heterocycles. The van der Waals surface area contributed by atoms with Gasteiger partial charge in [-0.05, 0) is 66.1 Å². The molecule has 1 aliphatic heterocycles. The van der Waals surface area contributed by atoms with Crippen molar-refractivity contribution in [1.82, 2.24) is 4.57 Å². The number of ether oxygens (including phenoxy) is 1. The lowest BCUT2D eigenvalue weighted by atomic mass is 9.78. The highest BCUT2D eigenvalue weighted by Crippen LogP contribution is 2.36. The van der Waals surface area contributed by atoms with E-state index in [0.717, 1.165) is 5.46 Å². The van der Waals surface area contributed by atoms with Gasteiger partial charge >= 0.3 is 13.1 Å². The maximum atomic E-state index is 12.6. The SMILES string of the molecule is CCOC(=O)c1cc(=O)c2ccc(B3OC(C)(C)C(C)(C)O3)cc2n1C(C)C. The van der Waals surface area contributed by atoms with Gasteiger partial charge in [0.05, 0.1) is 23.3 Å². The number of esters is 1. The van der Waals surface area contributed by atoms with Crippen molar-refractivity contribution in [2.75, 3.05) is 6.61 Å². The fourth-order valence-electron chi connectivity index (χ4n) is 3.40. The molecule has 0 amide bonds. The Hall–Kier alpha value is -2.12. The van der Waals surface area contributed by atoms with Crippen LogP contribution >= 0.6 is 0 Å². The molecule has 1 aromatic heterocycles. The average molecular weight is 385 g/mol. The predicted molar refractivity (Wildman–Crippen MR) is 110 cm³/mol. The minimum absolute atomic E-state index is 0.0453. The molecule has 0 radical (unpaired) electrons. The number of benzene rings is 1. The summed E-state index contributed by atoms with van der Waals surface area (Å²) in [6.45, 7) is 13.9. The zero-order valence-electron chi connectivity index (χ0n) is 17.7. The van der Waals surface area contributed by atoms with Crippen molar-refractivity contribution < 1.29 is 18.8 Å². The van der Waals surface area contributed by atoms with E-state index in [9.17, 15) is 9.59 Å². The van der Waals surface area contributed by atoms with Crippen LogP contribution in [0.3, 0.4) is 0 Å². The number of carbonyl (C=O) groups is 1. The third kappa shape index (κ3) is 3.37. The molecule has 150 valence electrons. The van der Waals surface area contributed by atoms with Crippen LogP contribution in [0, 0.1) is 0 Å². The Balaban J connectivity index is 2.19. The monoisotopic (exact) mass is 385 g/mol. The highest BCUT2D eigenvalue weighted by Gasteiger charge is 2.51. The fraction of sp³-hybridized carbons (Fsp3) is 0.524. The number of carbonyl (C=O) groups excluding carboxylic acids is 1. The molecule has 0 unspecified atom stereocenters. The van der Waals surface area contributed by atoms with Crippen LogP contribution < -0.4 is 10.9 Å². The van der Waals surface area contributed by atoms with Gasteiger partial charge in [-0.1, -0.05) is 6.07 Å². The lowest BCUT2D eigenvalue weighted by Gasteiger charge is -2.32. The van der Waals surface area contributed by atoms with Crippen LogP contribution in [0.4, 0.5) is 0 Å². The lowest BCUT2D eigenvalue weighted by Crippen LogP contribution is -2.41. The summed E-state index contributed by atoms with van der Waals surface area (Å²) in [6, 6.07) is 6.80. The first kappa shape index (κ1) is 20.6. The van der Waals surface area contributed by atoms with Crippen molar-refractivity contribution in [3.8, 4) is 0 Å². The Morgan fingerprint density at radius 2 is 1.75 bits per heavy atom. The summed E-state index contributed by atoms with van der Waals surface area (Å²) in [5.41, 5.74) is 0.586. The number of hydrogen-bond donors (Lipinski definition) is 0. The zero-order chi connectivity index (χ0) is 20.9. The Labute approximate surface area is 165 Å². The van der Waals surface area contributed by atoms with E-state index < -0.39 is 24.3 Å². The molecule has 0 aliphatic carbocycles. The Kier molecular flexibility index (Phi) is 5.19. The number of rotatable bonds is 4. The molecule has 2 aromatic rings. The van der Waals surface area contributed by atoms with Crippen molar-refractivity contribution in [2.45, 2.75) is 65.7 Å². The quantitative estimate of drug-likeness (QED) is 0.598. The lowest BCUT2D eigenvalue weighted by molar-refractivity contribution is 0.00578. The van der Waals surface area contributed by atoms with Crippen LogP contribution in [-0.2, 0) is 14.0 Å². The van der Waals surface area contributed by atoms with Crippen LogP contribution in [0.25, 0.3) is 10.9 Å². The predicted octanol–water partition coefficient (Wildman–Crippen LogP) is 3.06. The second kappa shape index (κ2) is 7.05. The first-order valence-electron chi connectivity index (χ1n) is 9.70. The molecule has 0 N–H and O–H groups in total. The second-order valence-electron chi connectivity index (χ2n) is 8.44. The molecule has 1 saturated heterocycles. The third-order valence-electron chi connectivity index (χ3n) is 5.60. The first-order valence-corrected chi connectivity index (χ1v) is 9.70. The van der Waals surface area contributed by atoms with Crippen LogP contribution in [0.5, 0.6) is 0 Å². The minimum Gasteiger partial charge on any atom is -0.461 e. The van der Waals surface area contributed by atoms with Crippen LogP contribution in [0.2, 0.25) is 0 Å². The Morgan fingerprint density at radius 1 is 1.14 bits per heavy atom. The average Bonchev–Trinajstić information content (AvgIpc) is 2.81. The number of hydrogen-bond acceptors (Lipinski definition) is 5. The van der Waals surface area contributed by atoms with Crippen molar-refractivity contribution in [3.63, 3.8) is 0 Å². The van der Waals surface area contributed by atoms with Gasteiger partial charge in [0.15, 0.2) is 5.43 Å². The molecule has 0 atom stereocenters. The van der Waals surface area contributed by atoms with E-state index in [4.69, 9.17) is 14.0 Å². The maximum Gasteiger partial charge on any atom is 0.494 e. The van der Waals surface area contributed by atoms with Gasteiger partial charge < -0.3 is 18.6 Å². The van der Waals surface area contributed by atoms with Crippen molar-refractivity contribution >= 4 is 29.5 Å². The Morgan fingerprint density at radius 3 is 2.29 bits per heavy atom. The van der Waals surface area contributed by atoms with Gasteiger partial charge in [-0.3, -0.25) is 4.79 Å². The van der Waals surface area contributed by atoms with Crippen LogP contribution in [0.1, 0.15) is 65.0 Å². The molecule has 0 bridgehead atoms. The number of pyridine rings is 1. The minimum atomic E-state index is -0.545. The maximum absolute atomic E-state index is 12.6. The normalized spacial score (nSPS) is 18.1. The smallest absolute Gasteiger partial charge is 0.461 e. The largest absolute Gasteiger partial charge is 0.494 e. The van der Waals surface area contributed by atoms with Crippen LogP contribution in [-0.4, -0.2) is 35.5 Å². The number of fused-ring (bicyclic) bond motifs is 1. The summed E-state index contributed by atoms with van der Waals surface area (Å²) in [5, 5.41) is 0.544. The number of aromatic nitrogens is 1. The summed E-state index contributed by atoms with van der Waals surface area (Å²) >= 11 is 0. The van der Waals surface area contributed by atoms with E-state index in [1.54, 1.807) is 13.0 Å². The van der Waals surface area contributed by atoms with Gasteiger partial charge in [-0.25, -0.2) is 4.79 Å². The molecule has 1 aromatic carbocycles. The molecule has 0 saturated carbocycles. The molecule has 1 aliphatic rings. The highest BCUT2D eigenvalue weighted by atomic mass is 16.7. The van der Waals surface area contributed by atoms with E-state index >= 15 is 0 Å². The molecule has 28 heavy (non-hydrogen) atoms. The van der Waals surface area contributed by atoms with E-state index in [-0.39, 0.29) is 23.8 Å². The van der Waals surface area contributed by atoms with Gasteiger partial charge in [0.1, 0.15) is 5.69 Å². The van der Waals surface area contributed by atoms with Gasteiger partial charge in [0.2, 0.25) is 0 Å². The third-order valence-corrected chi connectivity index (χ3v) is 5.60.